The number of hydrogen-bond acceptors (Lipinski definition) is 2. The van der Waals surface area contributed by atoms with Crippen LogP contribution >= 0.6 is 11.8 Å². The Labute approximate surface area is 116 Å². The molecule has 0 saturated carbocycles. The Balaban J connectivity index is 2.00. The minimum Gasteiger partial charge on any atom is -0.311 e. The van der Waals surface area contributed by atoms with E-state index in [4.69, 9.17) is 0 Å². The van der Waals surface area contributed by atoms with Gasteiger partial charge in [-0.25, -0.2) is 0 Å². The number of fused-ring (bicyclic) bond motifs is 1. The highest BCUT2D eigenvalue weighted by Gasteiger charge is 2.27. The first-order chi connectivity index (χ1) is 8.74. The van der Waals surface area contributed by atoms with Gasteiger partial charge in [-0.1, -0.05) is 39.0 Å². The van der Waals surface area contributed by atoms with Gasteiger partial charge in [-0.15, -0.1) is 11.8 Å². The first-order valence-electron chi connectivity index (χ1n) is 7.21. The molecule has 0 spiro atoms. The van der Waals surface area contributed by atoms with E-state index in [2.05, 4.69) is 50.4 Å². The molecule has 1 aromatic rings. The van der Waals surface area contributed by atoms with Gasteiger partial charge >= 0.3 is 0 Å². The third-order valence-electron chi connectivity index (χ3n) is 4.55. The lowest BCUT2D eigenvalue weighted by molar-refractivity contribution is 0.286. The number of thioether (sulfide) groups is 1. The zero-order valence-electron chi connectivity index (χ0n) is 11.8. The van der Waals surface area contributed by atoms with E-state index in [-0.39, 0.29) is 0 Å². The van der Waals surface area contributed by atoms with E-state index in [0.717, 1.165) is 6.54 Å². The minimum absolute atomic E-state index is 0.349. The molecule has 100 valence electrons. The minimum atomic E-state index is 0.349. The van der Waals surface area contributed by atoms with E-state index in [0.29, 0.717) is 11.5 Å². The van der Waals surface area contributed by atoms with Crippen LogP contribution in [0.2, 0.25) is 0 Å². The molecular weight excluding hydrogens is 238 g/mol. The molecule has 0 radical (unpaired) electrons. The Hall–Kier alpha value is -0.470. The lowest BCUT2D eigenvalue weighted by Crippen LogP contribution is -2.45. The second kappa shape index (κ2) is 6.12. The summed E-state index contributed by atoms with van der Waals surface area (Å²) in [7, 11) is 0. The smallest absolute Gasteiger partial charge is 0.0173 e. The monoisotopic (exact) mass is 263 g/mol. The molecule has 1 atom stereocenters. The third-order valence-corrected chi connectivity index (χ3v) is 5.80. The van der Waals surface area contributed by atoms with Gasteiger partial charge in [-0.2, -0.15) is 0 Å². The van der Waals surface area contributed by atoms with E-state index in [9.17, 15) is 0 Å². The van der Waals surface area contributed by atoms with Gasteiger partial charge in [0.05, 0.1) is 0 Å². The number of benzene rings is 1. The van der Waals surface area contributed by atoms with E-state index in [1.807, 2.05) is 11.8 Å². The molecule has 1 aliphatic rings. The molecule has 0 bridgehead atoms. The molecule has 0 aromatic heterocycles. The summed E-state index contributed by atoms with van der Waals surface area (Å²) in [6.45, 7) is 8.03. The molecule has 0 fully saturated rings. The van der Waals surface area contributed by atoms with Crippen molar-refractivity contribution in [3.05, 3.63) is 29.8 Å². The lowest BCUT2D eigenvalue weighted by Gasteiger charge is -2.33. The zero-order valence-corrected chi connectivity index (χ0v) is 12.6. The van der Waals surface area contributed by atoms with Crippen LogP contribution in [0.3, 0.4) is 0 Å². The van der Waals surface area contributed by atoms with Gasteiger partial charge in [0.15, 0.2) is 0 Å². The van der Waals surface area contributed by atoms with E-state index < -0.39 is 0 Å². The SMILES string of the molecule is CCC(CC)(CC)NCC1CSc2ccccc21. The maximum absolute atomic E-state index is 3.85. The highest BCUT2D eigenvalue weighted by Crippen LogP contribution is 2.39. The summed E-state index contributed by atoms with van der Waals surface area (Å²) < 4.78 is 0. The van der Waals surface area contributed by atoms with Crippen LogP contribution in [0.25, 0.3) is 0 Å². The molecule has 1 N–H and O–H groups in total. The molecule has 0 saturated heterocycles. The van der Waals surface area contributed by atoms with Gasteiger partial charge in [-0.05, 0) is 30.9 Å². The molecule has 18 heavy (non-hydrogen) atoms. The van der Waals surface area contributed by atoms with Gasteiger partial charge in [0, 0.05) is 28.6 Å². The fourth-order valence-electron chi connectivity index (χ4n) is 2.86. The van der Waals surface area contributed by atoms with Crippen molar-refractivity contribution < 1.29 is 0 Å². The molecule has 2 rings (SSSR count). The van der Waals surface area contributed by atoms with Crippen LogP contribution in [0.15, 0.2) is 29.2 Å². The molecule has 1 nitrogen and oxygen atoms in total. The first-order valence-corrected chi connectivity index (χ1v) is 8.20. The summed E-state index contributed by atoms with van der Waals surface area (Å²) >= 11 is 2.01. The van der Waals surface area contributed by atoms with Crippen molar-refractivity contribution in [2.45, 2.75) is 56.4 Å². The topological polar surface area (TPSA) is 12.0 Å². The van der Waals surface area contributed by atoms with Crippen molar-refractivity contribution in [2.24, 2.45) is 0 Å². The standard InChI is InChI=1S/C16H25NS/c1-4-16(5-2,6-3)17-11-13-12-18-15-10-8-7-9-14(13)15/h7-10,13,17H,4-6,11-12H2,1-3H3. The zero-order chi connectivity index (χ0) is 13.0. The Morgan fingerprint density at radius 2 is 1.83 bits per heavy atom. The molecule has 2 heteroatoms. The third kappa shape index (κ3) is 2.75. The Morgan fingerprint density at radius 1 is 1.17 bits per heavy atom. The van der Waals surface area contributed by atoms with E-state index >= 15 is 0 Å². The van der Waals surface area contributed by atoms with Crippen LogP contribution < -0.4 is 5.32 Å². The Kier molecular flexibility index (Phi) is 4.74. The molecule has 0 aliphatic carbocycles. The number of nitrogens with one attached hydrogen (secondary N) is 1. The summed E-state index contributed by atoms with van der Waals surface area (Å²) in [5.74, 6) is 1.93. The van der Waals surface area contributed by atoms with Crippen LogP contribution in [0.4, 0.5) is 0 Å². The predicted octanol–water partition coefficient (Wildman–Crippen LogP) is 4.43. The average Bonchev–Trinajstić information content (AvgIpc) is 2.85. The molecule has 1 heterocycles. The van der Waals surface area contributed by atoms with E-state index in [1.54, 1.807) is 5.56 Å². The van der Waals surface area contributed by atoms with Gasteiger partial charge < -0.3 is 5.32 Å². The highest BCUT2D eigenvalue weighted by atomic mass is 32.2. The van der Waals surface area contributed by atoms with Crippen LogP contribution in [-0.2, 0) is 0 Å². The quantitative estimate of drug-likeness (QED) is 0.814. The van der Waals surface area contributed by atoms with Crippen molar-refractivity contribution >= 4 is 11.8 Å². The lowest BCUT2D eigenvalue weighted by atomic mass is 9.88. The van der Waals surface area contributed by atoms with Gasteiger partial charge in [0.2, 0.25) is 0 Å². The maximum Gasteiger partial charge on any atom is 0.0173 e. The number of hydrogen-bond donors (Lipinski definition) is 1. The van der Waals surface area contributed by atoms with Crippen molar-refractivity contribution in [3.8, 4) is 0 Å². The molecule has 0 amide bonds. The van der Waals surface area contributed by atoms with Crippen LogP contribution in [-0.4, -0.2) is 17.8 Å². The fraction of sp³-hybridized carbons (Fsp3) is 0.625. The summed E-state index contributed by atoms with van der Waals surface area (Å²) in [6, 6.07) is 8.88. The van der Waals surface area contributed by atoms with Gasteiger partial charge in [0.25, 0.3) is 0 Å². The average molecular weight is 263 g/mol. The first kappa shape index (κ1) is 14.0. The molecule has 1 aliphatic heterocycles. The molecular formula is C16H25NS. The second-order valence-corrected chi connectivity index (χ2v) is 6.33. The second-order valence-electron chi connectivity index (χ2n) is 5.27. The summed E-state index contributed by atoms with van der Waals surface area (Å²) in [5.41, 5.74) is 1.90. The van der Waals surface area contributed by atoms with Crippen molar-refractivity contribution in [1.29, 1.82) is 0 Å². The van der Waals surface area contributed by atoms with Crippen molar-refractivity contribution in [3.63, 3.8) is 0 Å². The van der Waals surface area contributed by atoms with Gasteiger partial charge in [-0.3, -0.25) is 0 Å². The Bertz CT molecular complexity index is 376. The van der Waals surface area contributed by atoms with Crippen LogP contribution in [0.1, 0.15) is 51.5 Å². The van der Waals surface area contributed by atoms with Crippen molar-refractivity contribution in [1.82, 2.24) is 5.32 Å². The van der Waals surface area contributed by atoms with Crippen LogP contribution in [0, 0.1) is 0 Å². The maximum atomic E-state index is 3.85. The normalized spacial score (nSPS) is 18.9. The molecule has 1 unspecified atom stereocenters. The highest BCUT2D eigenvalue weighted by molar-refractivity contribution is 7.99. The summed E-state index contributed by atoms with van der Waals surface area (Å²) in [6.07, 6.45) is 3.67. The van der Waals surface area contributed by atoms with Gasteiger partial charge in [0.1, 0.15) is 0 Å². The predicted molar refractivity (Wildman–Crippen MR) is 81.5 cm³/mol. The summed E-state index contributed by atoms with van der Waals surface area (Å²) in [5, 5.41) is 3.85. The number of rotatable bonds is 6. The van der Waals surface area contributed by atoms with Crippen molar-refractivity contribution in [2.75, 3.05) is 12.3 Å². The molecule has 1 aromatic carbocycles. The van der Waals surface area contributed by atoms with E-state index in [1.165, 1.54) is 29.9 Å². The largest absolute Gasteiger partial charge is 0.311 e. The summed E-state index contributed by atoms with van der Waals surface area (Å²) in [4.78, 5) is 1.49. The fourth-order valence-corrected chi connectivity index (χ4v) is 4.12. The van der Waals surface area contributed by atoms with Crippen LogP contribution in [0.5, 0.6) is 0 Å². The Morgan fingerprint density at radius 3 is 2.50 bits per heavy atom.